The van der Waals surface area contributed by atoms with Gasteiger partial charge in [0.25, 0.3) is 5.91 Å². The van der Waals surface area contributed by atoms with Crippen molar-refractivity contribution < 1.29 is 18.7 Å². The van der Waals surface area contributed by atoms with Gasteiger partial charge in [-0.3, -0.25) is 4.79 Å². The molecule has 1 heterocycles. The van der Waals surface area contributed by atoms with Crippen LogP contribution in [-0.2, 0) is 0 Å². The van der Waals surface area contributed by atoms with Crippen LogP contribution in [0.15, 0.2) is 52.9 Å². The lowest BCUT2D eigenvalue weighted by atomic mass is 10.2. The summed E-state index contributed by atoms with van der Waals surface area (Å²) in [5.74, 6) is 0.219. The zero-order valence-corrected chi connectivity index (χ0v) is 17.0. The molecule has 3 aromatic rings. The highest BCUT2D eigenvalue weighted by Gasteiger charge is 2.09. The molecule has 0 unspecified atom stereocenters. The number of nitrogens with two attached hydrogens (primary N) is 1. The summed E-state index contributed by atoms with van der Waals surface area (Å²) >= 11 is 5.88. The Balaban J connectivity index is 1.27. The summed E-state index contributed by atoms with van der Waals surface area (Å²) in [6.07, 6.45) is 0.796. The number of carbonyl (C=O) groups excluding carboxylic acids is 2. The van der Waals surface area contributed by atoms with Crippen molar-refractivity contribution in [2.45, 2.75) is 6.42 Å². The summed E-state index contributed by atoms with van der Waals surface area (Å²) in [7, 11) is 0. The first-order valence-corrected chi connectivity index (χ1v) is 9.86. The molecule has 0 aliphatic heterocycles. The highest BCUT2D eigenvalue weighted by molar-refractivity contribution is 6.30. The fraction of sp³-hybridized carbons (Fsp3) is 0.238. The number of rotatable bonds is 10. The number of hydrogen-bond acceptors (Lipinski definition) is 5. The predicted octanol–water partition coefficient (Wildman–Crippen LogP) is 3.37. The molecule has 0 bridgehead atoms. The number of primary amides is 1. The van der Waals surface area contributed by atoms with Gasteiger partial charge in [0, 0.05) is 29.2 Å². The smallest absolute Gasteiger partial charge is 0.319 e. The molecule has 0 fully saturated rings. The number of nitrogens with one attached hydrogen (secondary N) is 3. The van der Waals surface area contributed by atoms with Crippen molar-refractivity contribution in [3.8, 4) is 5.75 Å². The largest absolute Gasteiger partial charge is 0.494 e. The minimum absolute atomic E-state index is 0.126. The molecule has 0 atom stereocenters. The zero-order valence-electron chi connectivity index (χ0n) is 16.2. The number of benzene rings is 2. The van der Waals surface area contributed by atoms with Crippen LogP contribution in [0, 0.1) is 0 Å². The van der Waals surface area contributed by atoms with E-state index in [0.29, 0.717) is 41.7 Å². The van der Waals surface area contributed by atoms with E-state index in [4.69, 9.17) is 26.5 Å². The molecular formula is C21H23ClN4O4. The van der Waals surface area contributed by atoms with Gasteiger partial charge in [-0.1, -0.05) is 17.7 Å². The molecule has 3 rings (SSSR count). The SMILES string of the molecule is NC(=O)c1cc2cc(OCCCNCCNC(=O)Nc3cccc(Cl)c3)ccc2o1. The molecule has 9 heteroatoms. The van der Waals surface area contributed by atoms with Gasteiger partial charge in [0.05, 0.1) is 6.61 Å². The van der Waals surface area contributed by atoms with E-state index >= 15 is 0 Å². The van der Waals surface area contributed by atoms with Gasteiger partial charge in [-0.25, -0.2) is 4.79 Å². The Morgan fingerprint density at radius 1 is 1.07 bits per heavy atom. The summed E-state index contributed by atoms with van der Waals surface area (Å²) < 4.78 is 11.1. The van der Waals surface area contributed by atoms with Gasteiger partial charge in [-0.15, -0.1) is 0 Å². The van der Waals surface area contributed by atoms with Gasteiger partial charge in [0.15, 0.2) is 5.76 Å². The maximum atomic E-state index is 11.8. The van der Waals surface area contributed by atoms with Crippen molar-refractivity contribution in [2.24, 2.45) is 5.73 Å². The number of carbonyl (C=O) groups is 2. The Hall–Kier alpha value is -3.23. The van der Waals surface area contributed by atoms with E-state index < -0.39 is 5.91 Å². The highest BCUT2D eigenvalue weighted by atomic mass is 35.5. The lowest BCUT2D eigenvalue weighted by Gasteiger charge is -2.09. The number of amides is 3. The van der Waals surface area contributed by atoms with Gasteiger partial charge in [0.2, 0.25) is 0 Å². The molecule has 0 saturated heterocycles. The van der Waals surface area contributed by atoms with Crippen LogP contribution in [0.2, 0.25) is 5.02 Å². The molecule has 0 radical (unpaired) electrons. The summed E-state index contributed by atoms with van der Waals surface area (Å²) in [4.78, 5) is 23.0. The number of fused-ring (bicyclic) bond motifs is 1. The van der Waals surface area contributed by atoms with E-state index in [1.54, 1.807) is 48.5 Å². The van der Waals surface area contributed by atoms with Crippen molar-refractivity contribution in [1.29, 1.82) is 0 Å². The van der Waals surface area contributed by atoms with Gasteiger partial charge in [-0.2, -0.15) is 0 Å². The minimum atomic E-state index is -0.601. The van der Waals surface area contributed by atoms with Crippen LogP contribution in [0.4, 0.5) is 10.5 Å². The van der Waals surface area contributed by atoms with Crippen molar-refractivity contribution in [1.82, 2.24) is 10.6 Å². The standard InChI is InChI=1S/C21H23ClN4O4/c22-15-3-1-4-16(13-15)26-21(28)25-9-8-24-7-2-10-29-17-5-6-18-14(11-17)12-19(30-18)20(23)27/h1,3-6,11-13,24H,2,7-10H2,(H2,23,27)(H2,25,26,28). The number of furan rings is 1. The van der Waals surface area contributed by atoms with E-state index in [1.807, 2.05) is 0 Å². The van der Waals surface area contributed by atoms with Gasteiger partial charge in [0.1, 0.15) is 11.3 Å². The molecular weight excluding hydrogens is 408 g/mol. The lowest BCUT2D eigenvalue weighted by molar-refractivity contribution is 0.0976. The van der Waals surface area contributed by atoms with Crippen molar-refractivity contribution in [3.63, 3.8) is 0 Å². The van der Waals surface area contributed by atoms with Crippen molar-refractivity contribution in [2.75, 3.05) is 31.6 Å². The third kappa shape index (κ3) is 6.40. The second-order valence-corrected chi connectivity index (χ2v) is 6.95. The number of ether oxygens (including phenoxy) is 1. The molecule has 1 aromatic heterocycles. The zero-order chi connectivity index (χ0) is 21.3. The van der Waals surface area contributed by atoms with Crippen LogP contribution in [0.5, 0.6) is 5.75 Å². The Labute approximate surface area is 178 Å². The molecule has 0 saturated carbocycles. The Bertz CT molecular complexity index is 1020. The fourth-order valence-corrected chi connectivity index (χ4v) is 2.94. The Morgan fingerprint density at radius 2 is 1.93 bits per heavy atom. The first kappa shape index (κ1) is 21.5. The van der Waals surface area contributed by atoms with Crippen LogP contribution in [0.1, 0.15) is 17.0 Å². The second-order valence-electron chi connectivity index (χ2n) is 6.52. The maximum absolute atomic E-state index is 11.8. The maximum Gasteiger partial charge on any atom is 0.319 e. The van der Waals surface area contributed by atoms with E-state index in [1.165, 1.54) is 0 Å². The molecule has 158 valence electrons. The summed E-state index contributed by atoms with van der Waals surface area (Å²) in [6.45, 7) is 2.41. The van der Waals surface area contributed by atoms with Crippen LogP contribution in [0.3, 0.4) is 0 Å². The summed E-state index contributed by atoms with van der Waals surface area (Å²) in [5.41, 5.74) is 6.45. The molecule has 8 nitrogen and oxygen atoms in total. The number of halogens is 1. The van der Waals surface area contributed by atoms with E-state index in [9.17, 15) is 9.59 Å². The fourth-order valence-electron chi connectivity index (χ4n) is 2.75. The molecule has 0 aliphatic rings. The molecule has 3 amide bonds. The quantitative estimate of drug-likeness (QED) is 0.368. The van der Waals surface area contributed by atoms with Crippen LogP contribution in [-0.4, -0.2) is 38.2 Å². The number of anilines is 1. The van der Waals surface area contributed by atoms with Crippen molar-refractivity contribution >= 4 is 40.2 Å². The number of urea groups is 1. The first-order chi connectivity index (χ1) is 14.5. The average Bonchev–Trinajstić information content (AvgIpc) is 3.14. The first-order valence-electron chi connectivity index (χ1n) is 9.48. The van der Waals surface area contributed by atoms with E-state index in [2.05, 4.69) is 16.0 Å². The van der Waals surface area contributed by atoms with E-state index in [-0.39, 0.29) is 11.8 Å². The van der Waals surface area contributed by atoms with Crippen LogP contribution in [0.25, 0.3) is 11.0 Å². The van der Waals surface area contributed by atoms with Crippen molar-refractivity contribution in [3.05, 3.63) is 59.3 Å². The summed E-state index contributed by atoms with van der Waals surface area (Å²) in [5, 5.41) is 10.1. The highest BCUT2D eigenvalue weighted by Crippen LogP contribution is 2.24. The lowest BCUT2D eigenvalue weighted by Crippen LogP contribution is -2.35. The monoisotopic (exact) mass is 430 g/mol. The van der Waals surface area contributed by atoms with E-state index in [0.717, 1.165) is 18.4 Å². The minimum Gasteiger partial charge on any atom is -0.494 e. The Kier molecular flexibility index (Phi) is 7.53. The molecule has 0 spiro atoms. The molecule has 5 N–H and O–H groups in total. The third-order valence-corrected chi connectivity index (χ3v) is 4.40. The van der Waals surface area contributed by atoms with Crippen LogP contribution >= 0.6 is 11.6 Å². The number of hydrogen-bond donors (Lipinski definition) is 4. The molecule has 2 aromatic carbocycles. The second kappa shape index (κ2) is 10.5. The molecule has 0 aliphatic carbocycles. The van der Waals surface area contributed by atoms with Gasteiger partial charge < -0.3 is 30.8 Å². The predicted molar refractivity (Wildman–Crippen MR) is 116 cm³/mol. The molecule has 30 heavy (non-hydrogen) atoms. The van der Waals surface area contributed by atoms with Gasteiger partial charge in [-0.05, 0) is 55.4 Å². The van der Waals surface area contributed by atoms with Crippen LogP contribution < -0.4 is 26.4 Å². The van der Waals surface area contributed by atoms with Gasteiger partial charge >= 0.3 is 6.03 Å². The topological polar surface area (TPSA) is 119 Å². The Morgan fingerprint density at radius 3 is 2.73 bits per heavy atom. The third-order valence-electron chi connectivity index (χ3n) is 4.17. The normalized spacial score (nSPS) is 10.7. The average molecular weight is 431 g/mol. The summed E-state index contributed by atoms with van der Waals surface area (Å²) in [6, 6.07) is 13.6.